The molecule has 0 unspecified atom stereocenters. The molecule has 0 radical (unpaired) electrons. The highest BCUT2D eigenvalue weighted by molar-refractivity contribution is 8.03. The van der Waals surface area contributed by atoms with Crippen LogP contribution in [0.2, 0.25) is 0 Å². The summed E-state index contributed by atoms with van der Waals surface area (Å²) in [6.45, 7) is 2.31. The number of sulfonamides is 1. The summed E-state index contributed by atoms with van der Waals surface area (Å²) >= 11 is 0. The third-order valence-corrected chi connectivity index (χ3v) is 7.57. The summed E-state index contributed by atoms with van der Waals surface area (Å²) in [5.74, 6) is 0.720. The van der Waals surface area contributed by atoms with Crippen LogP contribution in [0.3, 0.4) is 0 Å². The minimum absolute atomic E-state index is 0.360. The van der Waals surface area contributed by atoms with Crippen LogP contribution in [0.1, 0.15) is 18.4 Å². The van der Waals surface area contributed by atoms with E-state index in [1.807, 2.05) is 6.07 Å². The molecule has 0 spiro atoms. The number of aryl methyl sites for hydroxylation is 1. The van der Waals surface area contributed by atoms with Gasteiger partial charge in [-0.25, -0.2) is 12.6 Å². The molecule has 1 aliphatic rings. The molecule has 0 saturated carbocycles. The van der Waals surface area contributed by atoms with Gasteiger partial charge in [-0.3, -0.25) is 0 Å². The molecule has 0 aliphatic carbocycles. The van der Waals surface area contributed by atoms with Crippen molar-refractivity contribution in [3.8, 4) is 0 Å². The second kappa shape index (κ2) is 7.57. The fraction of sp³-hybridized carbons (Fsp3) is 0.600. The number of benzene rings is 1. The Hall–Kier alpha value is -0.920. The molecule has 2 rings (SSSR count). The Morgan fingerprint density at radius 3 is 2.36 bits per heavy atom. The Balaban J connectivity index is 1.72. The molecule has 1 aromatic rings. The quantitative estimate of drug-likeness (QED) is 0.738. The first-order valence-electron chi connectivity index (χ1n) is 7.56. The summed E-state index contributed by atoms with van der Waals surface area (Å²) in [5.41, 5.74) is 1.36. The molecular weight excluding hydrogens is 320 g/mol. The fourth-order valence-corrected chi connectivity index (χ4v) is 6.47. The zero-order valence-corrected chi connectivity index (χ0v) is 14.6. The lowest BCUT2D eigenvalue weighted by molar-refractivity contribution is 0.292. The van der Waals surface area contributed by atoms with Gasteiger partial charge in [-0.1, -0.05) is 30.3 Å². The van der Waals surface area contributed by atoms with Crippen molar-refractivity contribution in [3.05, 3.63) is 35.9 Å². The van der Waals surface area contributed by atoms with Gasteiger partial charge in [0.1, 0.15) is 0 Å². The zero-order chi connectivity index (χ0) is 16.1. The monoisotopic (exact) mass is 344 g/mol. The van der Waals surface area contributed by atoms with Gasteiger partial charge in [-0.05, 0) is 31.4 Å². The number of rotatable bonds is 6. The maximum atomic E-state index is 12.3. The minimum atomic E-state index is -3.52. The van der Waals surface area contributed by atoms with Crippen LogP contribution in [0.25, 0.3) is 0 Å². The van der Waals surface area contributed by atoms with Crippen molar-refractivity contribution in [3.63, 3.8) is 0 Å². The van der Waals surface area contributed by atoms with E-state index in [0.717, 1.165) is 32.1 Å². The summed E-state index contributed by atoms with van der Waals surface area (Å²) in [7, 11) is -6.08. The summed E-state index contributed by atoms with van der Waals surface area (Å²) < 4.78 is 38.2. The van der Waals surface area contributed by atoms with E-state index in [0.29, 0.717) is 24.6 Å². The molecule has 7 heteroatoms. The largest absolute Gasteiger partial charge is 0.301 e. The molecule has 22 heavy (non-hydrogen) atoms. The highest BCUT2D eigenvalue weighted by Gasteiger charge is 2.21. The Labute approximate surface area is 134 Å². The highest BCUT2D eigenvalue weighted by atomic mass is 32.3. The maximum absolute atomic E-state index is 12.3. The minimum Gasteiger partial charge on any atom is -0.301 e. The third-order valence-electron chi connectivity index (χ3n) is 3.76. The molecule has 1 saturated heterocycles. The Morgan fingerprint density at radius 1 is 1.14 bits per heavy atom. The fourth-order valence-electron chi connectivity index (χ4n) is 2.61. The molecule has 1 heterocycles. The number of hydrogen-bond donors (Lipinski definition) is 0. The van der Waals surface area contributed by atoms with Crippen molar-refractivity contribution >= 4 is 19.8 Å². The molecule has 124 valence electrons. The molecule has 1 fully saturated rings. The average molecular weight is 345 g/mol. The maximum Gasteiger partial charge on any atom is 0.257 e. The van der Waals surface area contributed by atoms with Crippen molar-refractivity contribution < 1.29 is 12.6 Å². The van der Waals surface area contributed by atoms with Gasteiger partial charge in [0, 0.05) is 24.6 Å². The number of unbranched alkanes of at least 4 members (excludes halogenated alkanes) is 1. The van der Waals surface area contributed by atoms with Gasteiger partial charge in [0.15, 0.2) is 0 Å². The SMILES string of the molecule is CS(=O)(=O)N=S1(=O)CCN(CCCCc2ccccc2)CC1. The predicted octanol–water partition coefficient (Wildman–Crippen LogP) is 1.75. The lowest BCUT2D eigenvalue weighted by atomic mass is 10.1. The highest BCUT2D eigenvalue weighted by Crippen LogP contribution is 2.11. The van der Waals surface area contributed by atoms with Gasteiger partial charge < -0.3 is 4.90 Å². The first-order chi connectivity index (χ1) is 10.4. The first kappa shape index (κ1) is 17.4. The van der Waals surface area contributed by atoms with Crippen LogP contribution >= 0.6 is 0 Å². The Kier molecular flexibility index (Phi) is 6.00. The molecule has 0 bridgehead atoms. The van der Waals surface area contributed by atoms with Gasteiger partial charge in [0.2, 0.25) is 0 Å². The zero-order valence-electron chi connectivity index (χ0n) is 13.0. The van der Waals surface area contributed by atoms with Crippen LogP contribution in [-0.4, -0.2) is 54.9 Å². The van der Waals surface area contributed by atoms with Gasteiger partial charge in [-0.15, -0.1) is 3.77 Å². The topological polar surface area (TPSA) is 66.8 Å². The van der Waals surface area contributed by atoms with E-state index in [4.69, 9.17) is 0 Å². The van der Waals surface area contributed by atoms with E-state index < -0.39 is 19.8 Å². The normalized spacial score (nSPS) is 19.0. The molecule has 1 aliphatic heterocycles. The molecule has 1 aromatic carbocycles. The first-order valence-corrected chi connectivity index (χ1v) is 11.3. The Bertz CT molecular complexity index is 679. The van der Waals surface area contributed by atoms with Crippen LogP contribution < -0.4 is 0 Å². The van der Waals surface area contributed by atoms with E-state index in [2.05, 4.69) is 32.9 Å². The van der Waals surface area contributed by atoms with Crippen molar-refractivity contribution in [2.75, 3.05) is 37.4 Å². The lowest BCUT2D eigenvalue weighted by Gasteiger charge is -2.28. The van der Waals surface area contributed by atoms with Crippen LogP contribution in [0.4, 0.5) is 0 Å². The molecule has 5 nitrogen and oxygen atoms in total. The molecule has 0 N–H and O–H groups in total. The predicted molar refractivity (Wildman–Crippen MR) is 91.0 cm³/mol. The molecule has 0 aromatic heterocycles. The molecule has 0 atom stereocenters. The van der Waals surface area contributed by atoms with Crippen molar-refractivity contribution in [2.24, 2.45) is 3.77 Å². The van der Waals surface area contributed by atoms with Gasteiger partial charge in [0.25, 0.3) is 10.0 Å². The van der Waals surface area contributed by atoms with E-state index in [1.54, 1.807) is 0 Å². The summed E-state index contributed by atoms with van der Waals surface area (Å²) in [6, 6.07) is 10.4. The van der Waals surface area contributed by atoms with Crippen LogP contribution in [-0.2, 0) is 26.2 Å². The number of nitrogens with zero attached hydrogens (tertiary/aromatic N) is 2. The van der Waals surface area contributed by atoms with Crippen LogP contribution in [0.15, 0.2) is 34.1 Å². The summed E-state index contributed by atoms with van der Waals surface area (Å²) in [6.07, 6.45) is 4.31. The van der Waals surface area contributed by atoms with Crippen molar-refractivity contribution in [2.45, 2.75) is 19.3 Å². The Morgan fingerprint density at radius 2 is 1.77 bits per heavy atom. The smallest absolute Gasteiger partial charge is 0.257 e. The van der Waals surface area contributed by atoms with E-state index >= 15 is 0 Å². The van der Waals surface area contributed by atoms with E-state index in [1.165, 1.54) is 5.56 Å². The van der Waals surface area contributed by atoms with E-state index in [9.17, 15) is 12.6 Å². The average Bonchev–Trinajstić information content (AvgIpc) is 2.44. The third kappa shape index (κ3) is 6.06. The number of hydrogen-bond acceptors (Lipinski definition) is 4. The second-order valence-electron chi connectivity index (χ2n) is 5.77. The molecular formula is C15H24N2O3S2. The van der Waals surface area contributed by atoms with Crippen LogP contribution in [0.5, 0.6) is 0 Å². The molecule has 0 amide bonds. The van der Waals surface area contributed by atoms with Gasteiger partial charge in [-0.2, -0.15) is 0 Å². The van der Waals surface area contributed by atoms with Gasteiger partial charge >= 0.3 is 0 Å². The van der Waals surface area contributed by atoms with Crippen molar-refractivity contribution in [1.82, 2.24) is 4.90 Å². The summed E-state index contributed by atoms with van der Waals surface area (Å²) in [4.78, 5) is 2.26. The van der Waals surface area contributed by atoms with Crippen molar-refractivity contribution in [1.29, 1.82) is 0 Å². The van der Waals surface area contributed by atoms with Crippen LogP contribution in [0, 0.1) is 0 Å². The lowest BCUT2D eigenvalue weighted by Crippen LogP contribution is -2.40. The van der Waals surface area contributed by atoms with Gasteiger partial charge in [0.05, 0.1) is 16.0 Å². The summed E-state index contributed by atoms with van der Waals surface area (Å²) in [5, 5.41) is 0. The second-order valence-corrected chi connectivity index (χ2v) is 10.2. The standard InChI is InChI=1S/C15H24N2O3S2/c1-21(18,19)16-22(20)13-11-17(12-14-22)10-6-5-9-15-7-3-2-4-8-15/h2-4,7-8H,5-6,9-14H2,1H3. The van der Waals surface area contributed by atoms with E-state index in [-0.39, 0.29) is 0 Å².